The van der Waals surface area contributed by atoms with E-state index >= 15 is 0 Å². The Balaban J connectivity index is 2.30. The van der Waals surface area contributed by atoms with E-state index in [1.165, 1.54) is 12.1 Å². The lowest BCUT2D eigenvalue weighted by Gasteiger charge is -2.00. The first-order valence-electron chi connectivity index (χ1n) is 5.31. The minimum atomic E-state index is -0.356. The van der Waals surface area contributed by atoms with E-state index in [-0.39, 0.29) is 11.9 Å². The van der Waals surface area contributed by atoms with Crippen molar-refractivity contribution in [2.45, 2.75) is 19.4 Å². The zero-order chi connectivity index (χ0) is 12.4. The third kappa shape index (κ3) is 2.84. The Kier molecular flexibility index (Phi) is 3.45. The van der Waals surface area contributed by atoms with Gasteiger partial charge in [-0.25, -0.2) is 4.39 Å². The summed E-state index contributed by atoms with van der Waals surface area (Å²) in [5.74, 6) is -0.356. The first kappa shape index (κ1) is 12.1. The Morgan fingerprint density at radius 2 is 2.24 bits per heavy atom. The molecule has 3 nitrogen and oxygen atoms in total. The Morgan fingerprint density at radius 1 is 1.47 bits per heavy atom. The van der Waals surface area contributed by atoms with Crippen LogP contribution in [0.4, 0.5) is 4.39 Å². The zero-order valence-electron chi connectivity index (χ0n) is 9.37. The number of halogens is 2. The molecule has 2 aromatic rings. The first-order valence-corrected chi connectivity index (χ1v) is 5.69. The molecule has 17 heavy (non-hydrogen) atoms. The maximum Gasteiger partial charge on any atom is 0.124 e. The van der Waals surface area contributed by atoms with Crippen molar-refractivity contribution in [2.24, 2.45) is 5.73 Å². The smallest absolute Gasteiger partial charge is 0.124 e. The van der Waals surface area contributed by atoms with E-state index in [1.54, 1.807) is 6.07 Å². The Hall–Kier alpha value is -1.39. The largest absolute Gasteiger partial charge is 0.328 e. The second-order valence-corrected chi connectivity index (χ2v) is 4.49. The monoisotopic (exact) mass is 253 g/mol. The van der Waals surface area contributed by atoms with Gasteiger partial charge in [0.05, 0.1) is 10.7 Å². The first-order chi connectivity index (χ1) is 8.06. The van der Waals surface area contributed by atoms with Crippen molar-refractivity contribution in [3.05, 3.63) is 40.8 Å². The highest BCUT2D eigenvalue weighted by Gasteiger charge is 2.09. The molecule has 5 heteroatoms. The van der Waals surface area contributed by atoms with Gasteiger partial charge in [0.15, 0.2) is 0 Å². The number of nitrogens with zero attached hydrogens (tertiary/aromatic N) is 1. The van der Waals surface area contributed by atoms with Crippen molar-refractivity contribution in [1.82, 2.24) is 10.2 Å². The maximum atomic E-state index is 12.9. The second kappa shape index (κ2) is 4.85. The lowest BCUT2D eigenvalue weighted by molar-refractivity contribution is 0.628. The van der Waals surface area contributed by atoms with Crippen LogP contribution in [0.3, 0.4) is 0 Å². The van der Waals surface area contributed by atoms with Crippen LogP contribution in [0.5, 0.6) is 0 Å². The van der Waals surface area contributed by atoms with E-state index in [4.69, 9.17) is 17.3 Å². The van der Waals surface area contributed by atoms with Gasteiger partial charge in [0, 0.05) is 23.7 Å². The van der Waals surface area contributed by atoms with Gasteiger partial charge in [0.1, 0.15) is 5.82 Å². The average molecular weight is 254 g/mol. The van der Waals surface area contributed by atoms with Gasteiger partial charge in [0.25, 0.3) is 0 Å². The summed E-state index contributed by atoms with van der Waals surface area (Å²) in [5.41, 5.74) is 8.05. The number of benzene rings is 1. The molecule has 0 aliphatic carbocycles. The number of aromatic nitrogens is 2. The quantitative estimate of drug-likeness (QED) is 0.884. The molecule has 0 spiro atoms. The summed E-state index contributed by atoms with van der Waals surface area (Å²) in [4.78, 5) is 0. The molecular formula is C12H13ClFN3. The van der Waals surface area contributed by atoms with Gasteiger partial charge >= 0.3 is 0 Å². The molecule has 0 saturated carbocycles. The van der Waals surface area contributed by atoms with Gasteiger partial charge in [-0.1, -0.05) is 11.6 Å². The highest BCUT2D eigenvalue weighted by molar-refractivity contribution is 6.33. The lowest BCUT2D eigenvalue weighted by Crippen LogP contribution is -2.17. The molecule has 2 rings (SSSR count). The van der Waals surface area contributed by atoms with Crippen LogP contribution in [-0.2, 0) is 6.42 Å². The van der Waals surface area contributed by atoms with Crippen molar-refractivity contribution < 1.29 is 4.39 Å². The average Bonchev–Trinajstić information content (AvgIpc) is 2.65. The molecule has 1 atom stereocenters. The molecule has 90 valence electrons. The van der Waals surface area contributed by atoms with Crippen LogP contribution in [-0.4, -0.2) is 16.2 Å². The molecule has 1 heterocycles. The predicted molar refractivity (Wildman–Crippen MR) is 66.3 cm³/mol. The highest BCUT2D eigenvalue weighted by Crippen LogP contribution is 2.27. The van der Waals surface area contributed by atoms with Gasteiger partial charge in [-0.2, -0.15) is 5.10 Å². The second-order valence-electron chi connectivity index (χ2n) is 4.08. The van der Waals surface area contributed by atoms with Crippen molar-refractivity contribution in [3.8, 4) is 11.3 Å². The number of nitrogens with two attached hydrogens (primary N) is 1. The van der Waals surface area contributed by atoms with Crippen LogP contribution in [0.2, 0.25) is 5.02 Å². The van der Waals surface area contributed by atoms with Gasteiger partial charge in [0.2, 0.25) is 0 Å². The van der Waals surface area contributed by atoms with Crippen molar-refractivity contribution in [2.75, 3.05) is 0 Å². The third-order valence-electron chi connectivity index (χ3n) is 2.38. The molecule has 0 radical (unpaired) electrons. The van der Waals surface area contributed by atoms with E-state index in [1.807, 2.05) is 13.0 Å². The summed E-state index contributed by atoms with van der Waals surface area (Å²) in [7, 11) is 0. The molecule has 0 amide bonds. The van der Waals surface area contributed by atoms with Gasteiger partial charge in [-0.3, -0.25) is 5.10 Å². The normalized spacial score (nSPS) is 12.7. The fourth-order valence-corrected chi connectivity index (χ4v) is 1.91. The molecule has 1 aromatic heterocycles. The molecule has 1 unspecified atom stereocenters. The van der Waals surface area contributed by atoms with Crippen LogP contribution >= 0.6 is 11.6 Å². The molecule has 1 aromatic carbocycles. The summed E-state index contributed by atoms with van der Waals surface area (Å²) in [6.45, 7) is 1.92. The van der Waals surface area contributed by atoms with Crippen molar-refractivity contribution >= 4 is 11.6 Å². The van der Waals surface area contributed by atoms with E-state index in [0.717, 1.165) is 5.69 Å². The Labute approximate surface area is 104 Å². The van der Waals surface area contributed by atoms with Crippen LogP contribution in [0, 0.1) is 5.82 Å². The molecule has 0 saturated heterocycles. The lowest BCUT2D eigenvalue weighted by atomic mass is 10.1. The summed E-state index contributed by atoms with van der Waals surface area (Å²) in [6, 6.07) is 6.19. The third-order valence-corrected chi connectivity index (χ3v) is 2.69. The summed E-state index contributed by atoms with van der Waals surface area (Å²) >= 11 is 5.96. The van der Waals surface area contributed by atoms with E-state index in [9.17, 15) is 4.39 Å². The van der Waals surface area contributed by atoms with Crippen molar-refractivity contribution in [1.29, 1.82) is 0 Å². The fourth-order valence-electron chi connectivity index (χ4n) is 1.65. The van der Waals surface area contributed by atoms with E-state index in [0.29, 0.717) is 22.7 Å². The topological polar surface area (TPSA) is 54.7 Å². The Bertz CT molecular complexity index is 522. The minimum absolute atomic E-state index is 0.0620. The number of H-pyrrole nitrogens is 1. The SMILES string of the molecule is CC(N)Cc1cc(-c2ccc(F)cc2Cl)n[nH]1. The van der Waals surface area contributed by atoms with Crippen LogP contribution < -0.4 is 5.73 Å². The summed E-state index contributed by atoms with van der Waals surface area (Å²) in [5, 5.41) is 7.39. The molecule has 0 aliphatic rings. The van der Waals surface area contributed by atoms with Gasteiger partial charge in [-0.15, -0.1) is 0 Å². The maximum absolute atomic E-state index is 12.9. The minimum Gasteiger partial charge on any atom is -0.328 e. The standard InChI is InChI=1S/C12H13ClFN3/c1-7(15)4-9-6-12(17-16-9)10-3-2-8(14)5-11(10)13/h2-3,5-7H,4,15H2,1H3,(H,16,17). The fraction of sp³-hybridized carbons (Fsp3) is 0.250. The molecule has 0 bridgehead atoms. The van der Waals surface area contributed by atoms with Gasteiger partial charge < -0.3 is 5.73 Å². The molecule has 0 fully saturated rings. The van der Waals surface area contributed by atoms with E-state index in [2.05, 4.69) is 10.2 Å². The molecule has 3 N–H and O–H groups in total. The number of nitrogens with one attached hydrogen (secondary N) is 1. The van der Waals surface area contributed by atoms with Crippen molar-refractivity contribution in [3.63, 3.8) is 0 Å². The number of aromatic amines is 1. The van der Waals surface area contributed by atoms with Crippen LogP contribution in [0.1, 0.15) is 12.6 Å². The number of rotatable bonds is 3. The summed E-state index contributed by atoms with van der Waals surface area (Å²) < 4.78 is 12.9. The van der Waals surface area contributed by atoms with Gasteiger partial charge in [-0.05, 0) is 31.2 Å². The number of hydrogen-bond acceptors (Lipinski definition) is 2. The number of hydrogen-bond donors (Lipinski definition) is 2. The molecular weight excluding hydrogens is 241 g/mol. The van der Waals surface area contributed by atoms with Crippen LogP contribution in [0.15, 0.2) is 24.3 Å². The van der Waals surface area contributed by atoms with E-state index < -0.39 is 0 Å². The summed E-state index contributed by atoms with van der Waals surface area (Å²) in [6.07, 6.45) is 0.714. The predicted octanol–water partition coefficient (Wildman–Crippen LogP) is 2.76. The molecule has 0 aliphatic heterocycles. The highest BCUT2D eigenvalue weighted by atomic mass is 35.5. The van der Waals surface area contributed by atoms with Crippen LogP contribution in [0.25, 0.3) is 11.3 Å². The zero-order valence-corrected chi connectivity index (χ0v) is 10.1. The Morgan fingerprint density at radius 3 is 2.88 bits per heavy atom.